The van der Waals surface area contributed by atoms with E-state index in [1.54, 1.807) is 33.6 Å². The van der Waals surface area contributed by atoms with Crippen LogP contribution in [0.25, 0.3) is 5.52 Å². The molecule has 7 heteroatoms. The summed E-state index contributed by atoms with van der Waals surface area (Å²) in [6.45, 7) is 2.25. The third-order valence-corrected chi connectivity index (χ3v) is 5.32. The first-order valence-electron chi connectivity index (χ1n) is 9.18. The first kappa shape index (κ1) is 17.8. The van der Waals surface area contributed by atoms with Gasteiger partial charge >= 0.3 is 0 Å². The zero-order valence-electron chi connectivity index (χ0n) is 15.2. The molecule has 1 aromatic carbocycles. The van der Waals surface area contributed by atoms with Gasteiger partial charge in [0.15, 0.2) is 0 Å². The van der Waals surface area contributed by atoms with Gasteiger partial charge in [-0.15, -0.1) is 0 Å². The summed E-state index contributed by atoms with van der Waals surface area (Å²) in [7, 11) is 0. The Kier molecular flexibility index (Phi) is 4.74. The highest BCUT2D eigenvalue weighted by Crippen LogP contribution is 2.23. The molecule has 1 amide bonds. The molecule has 0 fully saturated rings. The van der Waals surface area contributed by atoms with Gasteiger partial charge in [-0.3, -0.25) is 9.59 Å². The SMILES string of the molecule is Cc1ccc(NC(=O)CCn2ccn3nc4c(c3c2=O)CCCC4)c(Cl)c1. The molecule has 2 heterocycles. The number of rotatable bonds is 4. The van der Waals surface area contributed by atoms with Crippen LogP contribution in [-0.4, -0.2) is 20.1 Å². The zero-order chi connectivity index (χ0) is 19.0. The Morgan fingerprint density at radius 3 is 2.89 bits per heavy atom. The fraction of sp³-hybridized carbons (Fsp3) is 0.350. The van der Waals surface area contributed by atoms with Crippen LogP contribution in [0.15, 0.2) is 35.4 Å². The number of nitrogens with one attached hydrogen (secondary N) is 1. The number of fused-ring (bicyclic) bond motifs is 3. The lowest BCUT2D eigenvalue weighted by atomic mass is 9.97. The number of carbonyl (C=O) groups excluding carboxylic acids is 1. The number of carbonyl (C=O) groups is 1. The van der Waals surface area contributed by atoms with Crippen molar-refractivity contribution in [2.24, 2.45) is 0 Å². The molecule has 0 saturated carbocycles. The van der Waals surface area contributed by atoms with Gasteiger partial charge in [-0.1, -0.05) is 17.7 Å². The number of aromatic nitrogens is 3. The first-order valence-corrected chi connectivity index (χ1v) is 9.56. The minimum absolute atomic E-state index is 0.0886. The predicted octanol–water partition coefficient (Wildman–Crippen LogP) is 3.37. The van der Waals surface area contributed by atoms with Crippen LogP contribution in [0.4, 0.5) is 5.69 Å². The second-order valence-corrected chi connectivity index (χ2v) is 7.41. The summed E-state index contributed by atoms with van der Waals surface area (Å²) in [6, 6.07) is 5.48. The second-order valence-electron chi connectivity index (χ2n) is 7.00. The van der Waals surface area contributed by atoms with Gasteiger partial charge in [0, 0.05) is 30.9 Å². The van der Waals surface area contributed by atoms with E-state index in [4.69, 9.17) is 11.6 Å². The van der Waals surface area contributed by atoms with Crippen molar-refractivity contribution in [2.45, 2.75) is 45.6 Å². The molecule has 140 valence electrons. The minimum Gasteiger partial charge on any atom is -0.325 e. The third kappa shape index (κ3) is 3.49. The van der Waals surface area contributed by atoms with E-state index in [1.165, 1.54) is 0 Å². The number of amides is 1. The number of aryl methyl sites for hydroxylation is 4. The quantitative estimate of drug-likeness (QED) is 0.749. The predicted molar refractivity (Wildman–Crippen MR) is 106 cm³/mol. The van der Waals surface area contributed by atoms with E-state index >= 15 is 0 Å². The molecule has 0 aliphatic heterocycles. The van der Waals surface area contributed by atoms with Crippen LogP contribution in [0.3, 0.4) is 0 Å². The summed E-state index contributed by atoms with van der Waals surface area (Å²) < 4.78 is 3.27. The molecular weight excluding hydrogens is 364 g/mol. The van der Waals surface area contributed by atoms with Gasteiger partial charge in [0.25, 0.3) is 5.56 Å². The largest absolute Gasteiger partial charge is 0.325 e. The van der Waals surface area contributed by atoms with Gasteiger partial charge < -0.3 is 9.88 Å². The molecular formula is C20H21ClN4O2. The highest BCUT2D eigenvalue weighted by Gasteiger charge is 2.19. The number of hydrogen-bond acceptors (Lipinski definition) is 3. The summed E-state index contributed by atoms with van der Waals surface area (Å²) in [5.74, 6) is -0.178. The highest BCUT2D eigenvalue weighted by molar-refractivity contribution is 6.33. The maximum Gasteiger partial charge on any atom is 0.276 e. The molecule has 0 bridgehead atoms. The Morgan fingerprint density at radius 1 is 1.26 bits per heavy atom. The van der Waals surface area contributed by atoms with Crippen LogP contribution in [0.5, 0.6) is 0 Å². The number of halogens is 1. The maximum atomic E-state index is 12.9. The summed E-state index contributed by atoms with van der Waals surface area (Å²) in [4.78, 5) is 25.2. The molecule has 0 spiro atoms. The summed E-state index contributed by atoms with van der Waals surface area (Å²) >= 11 is 6.16. The van der Waals surface area contributed by atoms with Crippen LogP contribution in [0, 0.1) is 6.92 Å². The van der Waals surface area contributed by atoms with Crippen molar-refractivity contribution in [2.75, 3.05) is 5.32 Å². The summed E-state index contributed by atoms with van der Waals surface area (Å²) in [5, 5.41) is 7.85. The lowest BCUT2D eigenvalue weighted by Crippen LogP contribution is -2.25. The lowest BCUT2D eigenvalue weighted by Gasteiger charge is -2.10. The Labute approximate surface area is 161 Å². The molecule has 1 aliphatic rings. The fourth-order valence-corrected chi connectivity index (χ4v) is 3.87. The number of hydrogen-bond donors (Lipinski definition) is 1. The van der Waals surface area contributed by atoms with Crippen LogP contribution in [-0.2, 0) is 24.2 Å². The topological polar surface area (TPSA) is 68.4 Å². The third-order valence-electron chi connectivity index (χ3n) is 5.01. The van der Waals surface area contributed by atoms with E-state index in [1.807, 2.05) is 13.0 Å². The molecule has 6 nitrogen and oxygen atoms in total. The van der Waals surface area contributed by atoms with E-state index in [0.29, 0.717) is 22.8 Å². The molecule has 0 radical (unpaired) electrons. The minimum atomic E-state index is -0.178. The molecule has 0 saturated heterocycles. The van der Waals surface area contributed by atoms with Crippen LogP contribution < -0.4 is 10.9 Å². The van der Waals surface area contributed by atoms with E-state index in [-0.39, 0.29) is 17.9 Å². The van der Waals surface area contributed by atoms with E-state index < -0.39 is 0 Å². The van der Waals surface area contributed by atoms with Crippen molar-refractivity contribution in [1.82, 2.24) is 14.2 Å². The average molecular weight is 385 g/mol. The van der Waals surface area contributed by atoms with Crippen molar-refractivity contribution in [3.05, 3.63) is 62.8 Å². The average Bonchev–Trinajstić information content (AvgIpc) is 3.03. The van der Waals surface area contributed by atoms with Gasteiger partial charge in [-0.2, -0.15) is 5.10 Å². The standard InChI is InChI=1S/C20H21ClN4O2/c1-13-6-7-17(15(21)12-13)22-18(26)8-9-24-10-11-25-19(20(24)27)14-4-2-3-5-16(14)23-25/h6-7,10-12H,2-5,8-9H2,1H3,(H,22,26). The van der Waals surface area contributed by atoms with E-state index in [2.05, 4.69) is 10.4 Å². The normalized spacial score (nSPS) is 13.6. The van der Waals surface area contributed by atoms with Gasteiger partial charge in [-0.05, 0) is 50.3 Å². The van der Waals surface area contributed by atoms with Crippen LogP contribution in [0.2, 0.25) is 5.02 Å². The molecule has 27 heavy (non-hydrogen) atoms. The van der Waals surface area contributed by atoms with Gasteiger partial charge in [0.1, 0.15) is 5.52 Å². The Morgan fingerprint density at radius 2 is 2.07 bits per heavy atom. The fourth-order valence-electron chi connectivity index (χ4n) is 3.59. The number of benzene rings is 1. The summed E-state index contributed by atoms with van der Waals surface area (Å²) in [5.41, 5.74) is 4.27. The molecule has 3 aromatic rings. The molecule has 0 atom stereocenters. The van der Waals surface area contributed by atoms with Crippen LogP contribution in [0.1, 0.15) is 36.1 Å². The smallest absolute Gasteiger partial charge is 0.276 e. The molecule has 4 rings (SSSR count). The van der Waals surface area contributed by atoms with Crippen molar-refractivity contribution in [3.63, 3.8) is 0 Å². The molecule has 1 aliphatic carbocycles. The summed E-state index contributed by atoms with van der Waals surface area (Å²) in [6.07, 6.45) is 7.70. The Balaban J connectivity index is 1.51. The molecule has 0 unspecified atom stereocenters. The lowest BCUT2D eigenvalue weighted by molar-refractivity contribution is -0.116. The van der Waals surface area contributed by atoms with Crippen molar-refractivity contribution in [3.8, 4) is 0 Å². The van der Waals surface area contributed by atoms with Crippen LogP contribution >= 0.6 is 11.6 Å². The van der Waals surface area contributed by atoms with Gasteiger partial charge in [0.2, 0.25) is 5.91 Å². The Bertz CT molecular complexity index is 1080. The number of anilines is 1. The first-order chi connectivity index (χ1) is 13.0. The molecule has 1 N–H and O–H groups in total. The Hall–Kier alpha value is -2.60. The monoisotopic (exact) mass is 384 g/mol. The van der Waals surface area contributed by atoms with Gasteiger partial charge in [-0.25, -0.2) is 4.52 Å². The van der Waals surface area contributed by atoms with Crippen molar-refractivity contribution >= 4 is 28.7 Å². The maximum absolute atomic E-state index is 12.9. The molecule has 2 aromatic heterocycles. The second kappa shape index (κ2) is 7.19. The van der Waals surface area contributed by atoms with Crippen molar-refractivity contribution in [1.29, 1.82) is 0 Å². The highest BCUT2D eigenvalue weighted by atomic mass is 35.5. The van der Waals surface area contributed by atoms with Gasteiger partial charge in [0.05, 0.1) is 16.4 Å². The van der Waals surface area contributed by atoms with E-state index in [9.17, 15) is 9.59 Å². The van der Waals surface area contributed by atoms with Crippen molar-refractivity contribution < 1.29 is 4.79 Å². The number of nitrogens with zero attached hydrogens (tertiary/aromatic N) is 3. The zero-order valence-corrected chi connectivity index (χ0v) is 15.9. The van der Waals surface area contributed by atoms with E-state index in [0.717, 1.165) is 42.5 Å².